The molecule has 3 aliphatic heterocycles. The number of nitrogens with one attached hydrogen (secondary N) is 4. The lowest BCUT2D eigenvalue weighted by atomic mass is 10.0. The number of rotatable bonds is 9. The first-order valence-corrected chi connectivity index (χ1v) is 31.1. The standard InChI is InChI=1S/2C23H17F4N5O2.C16H11FN2O3.C6H7F3N4.CH4/c2*24-18-6-5-13(10-19-15-3-1-2-4-16(15)20(33)30-29-19)9-17(18)21(34)31-7-8-32-14(12-31)11-28-22(32)23(25,26)27;17-13-6-5-9(7-12(13)16(21)22)8-14-10-3-1-2-4-11(10)15(20)19-18-14;7-6(8,9)5-12-11-4-3-10-1-2-13(4)5;/h2*1-6,9,11H,7-8,10,12H2,(H,30,33);1-7H,8H2,(H,19,20)(H,21,22);10H,1-3H2;1H4. The Morgan fingerprint density at radius 2 is 0.798 bits per heavy atom. The number of nitrogens with zero attached hydrogens (tertiary/aromatic N) is 12. The Kier molecular flexibility index (Phi) is 20.9. The number of aromatic amines is 3. The van der Waals surface area contributed by atoms with Crippen molar-refractivity contribution in [3.63, 3.8) is 0 Å². The molecule has 0 saturated carbocycles. The highest BCUT2D eigenvalue weighted by molar-refractivity contribution is 5.96. The van der Waals surface area contributed by atoms with E-state index in [4.69, 9.17) is 5.11 Å². The summed E-state index contributed by atoms with van der Waals surface area (Å²) in [7, 11) is 0. The molecule has 3 aliphatic rings. The minimum Gasteiger partial charge on any atom is -0.478 e. The molecule has 15 rings (SSSR count). The minimum absolute atomic E-state index is 0. The Morgan fingerprint density at radius 3 is 1.16 bits per heavy atom. The molecule has 9 heterocycles. The molecule has 5 N–H and O–H groups in total. The van der Waals surface area contributed by atoms with E-state index in [1.807, 2.05) is 0 Å². The minimum atomic E-state index is -4.59. The number of carboxylic acid groups (broad SMARTS) is 1. The molecule has 104 heavy (non-hydrogen) atoms. The Morgan fingerprint density at radius 1 is 0.442 bits per heavy atom. The molecular weight excluding hydrogens is 1390 g/mol. The quantitative estimate of drug-likeness (QED) is 0.0840. The van der Waals surface area contributed by atoms with Crippen LogP contribution in [0, 0.1) is 17.5 Å². The monoisotopic (exact) mass is 1450 g/mol. The van der Waals surface area contributed by atoms with Crippen molar-refractivity contribution in [1.29, 1.82) is 0 Å². The van der Waals surface area contributed by atoms with Gasteiger partial charge in [0.1, 0.15) is 23.3 Å². The van der Waals surface area contributed by atoms with Crippen molar-refractivity contribution >= 4 is 50.1 Å². The van der Waals surface area contributed by atoms with Crippen molar-refractivity contribution in [3.05, 3.63) is 273 Å². The largest absolute Gasteiger partial charge is 0.478 e. The van der Waals surface area contributed by atoms with Gasteiger partial charge in [-0.15, -0.1) is 10.2 Å². The Balaban J connectivity index is 0.000000146. The number of benzene rings is 6. The first kappa shape index (κ1) is 73.1. The number of carboxylic acids is 1. The van der Waals surface area contributed by atoms with Crippen LogP contribution < -0.4 is 22.0 Å². The van der Waals surface area contributed by atoms with Crippen molar-refractivity contribution in [2.75, 3.05) is 19.6 Å². The molecule has 0 aliphatic carbocycles. The van der Waals surface area contributed by atoms with Gasteiger partial charge in [0.05, 0.1) is 93.3 Å². The lowest BCUT2D eigenvalue weighted by Gasteiger charge is -2.29. The number of aromatic carboxylic acids is 1. The predicted octanol–water partition coefficient (Wildman–Crippen LogP) is 10.4. The van der Waals surface area contributed by atoms with Gasteiger partial charge in [0.2, 0.25) is 17.5 Å². The van der Waals surface area contributed by atoms with E-state index in [-0.39, 0.29) is 117 Å². The molecular formula is C69H56F12N16O7. The molecule has 6 aromatic heterocycles. The first-order chi connectivity index (χ1) is 49.1. The van der Waals surface area contributed by atoms with Crippen molar-refractivity contribution in [2.24, 2.45) is 0 Å². The van der Waals surface area contributed by atoms with Gasteiger partial charge in [-0.1, -0.05) is 80.2 Å². The zero-order chi connectivity index (χ0) is 73.2. The molecule has 0 atom stereocenters. The van der Waals surface area contributed by atoms with E-state index < -0.39 is 71.2 Å². The second-order valence-corrected chi connectivity index (χ2v) is 23.6. The third-order valence-corrected chi connectivity index (χ3v) is 17.0. The molecule has 0 unspecified atom stereocenters. The SMILES string of the molecule is C.FC(F)(F)c1nnc2n1CCNC2.O=C(O)c1cc(Cc2n[nH]c(=O)c3ccccc23)ccc1F.O=C(c1cc(Cc2n[nH]c(=O)c3ccccc23)ccc1F)N1CCn2c(cnc2C(F)(F)F)C1.O=C(c1cc(Cc2n[nH]c(=O)c3ccccc23)ccc1F)N1CCn2c(cnc2C(F)(F)F)C1. The van der Waals surface area contributed by atoms with Gasteiger partial charge in [-0.2, -0.15) is 54.8 Å². The van der Waals surface area contributed by atoms with Gasteiger partial charge in [0.15, 0.2) is 0 Å². The second-order valence-electron chi connectivity index (χ2n) is 23.6. The number of halogens is 12. The maximum Gasteiger partial charge on any atom is 0.451 e. The number of amides is 2. The van der Waals surface area contributed by atoms with Crippen LogP contribution in [0.1, 0.15) is 107 Å². The summed E-state index contributed by atoms with van der Waals surface area (Å²) < 4.78 is 161. The molecule has 35 heteroatoms. The molecule has 0 fully saturated rings. The number of H-pyrrole nitrogens is 3. The van der Waals surface area contributed by atoms with Crippen LogP contribution in [0.2, 0.25) is 0 Å². The van der Waals surface area contributed by atoms with Crippen LogP contribution in [-0.4, -0.2) is 117 Å². The highest BCUT2D eigenvalue weighted by atomic mass is 19.4. The third-order valence-electron chi connectivity index (χ3n) is 17.0. The molecule has 0 bridgehead atoms. The fourth-order valence-corrected chi connectivity index (χ4v) is 12.0. The Hall–Kier alpha value is -12.2. The summed E-state index contributed by atoms with van der Waals surface area (Å²) >= 11 is 0. The average Bonchev–Trinajstić information content (AvgIpc) is 1.57. The van der Waals surface area contributed by atoms with E-state index in [0.717, 1.165) is 32.2 Å². The fraction of sp³-hybridized carbons (Fsp3) is 0.232. The summed E-state index contributed by atoms with van der Waals surface area (Å²) in [6, 6.07) is 33.0. The van der Waals surface area contributed by atoms with Crippen molar-refractivity contribution in [3.8, 4) is 0 Å². The van der Waals surface area contributed by atoms with Gasteiger partial charge >= 0.3 is 24.5 Å². The molecule has 2 amide bonds. The van der Waals surface area contributed by atoms with Crippen LogP contribution in [0.15, 0.2) is 154 Å². The van der Waals surface area contributed by atoms with E-state index in [1.54, 1.807) is 72.8 Å². The number of alkyl halides is 9. The Labute approximate surface area is 577 Å². The number of fused-ring (bicyclic) bond motifs is 6. The van der Waals surface area contributed by atoms with Gasteiger partial charge in [0, 0.05) is 74.7 Å². The van der Waals surface area contributed by atoms with E-state index in [0.29, 0.717) is 85.0 Å². The van der Waals surface area contributed by atoms with Gasteiger partial charge in [0.25, 0.3) is 28.5 Å². The number of carbonyl (C=O) groups excluding carboxylic acids is 2. The molecule has 6 aromatic carbocycles. The number of hydrogen-bond donors (Lipinski definition) is 5. The van der Waals surface area contributed by atoms with Gasteiger partial charge in [-0.3, -0.25) is 24.0 Å². The zero-order valence-electron chi connectivity index (χ0n) is 53.1. The summed E-state index contributed by atoms with van der Waals surface area (Å²) in [4.78, 5) is 82.3. The van der Waals surface area contributed by atoms with Crippen molar-refractivity contribution in [2.45, 2.75) is 84.5 Å². The zero-order valence-corrected chi connectivity index (χ0v) is 53.1. The second kappa shape index (κ2) is 29.8. The maximum absolute atomic E-state index is 14.6. The lowest BCUT2D eigenvalue weighted by Crippen LogP contribution is -2.39. The number of carbonyl (C=O) groups is 3. The normalized spacial score (nSPS) is 13.5. The summed E-state index contributed by atoms with van der Waals surface area (Å²) in [5.74, 6) is -7.39. The Bertz CT molecular complexity index is 5230. The molecule has 12 aromatic rings. The average molecular weight is 1450 g/mol. The van der Waals surface area contributed by atoms with Crippen LogP contribution in [0.5, 0.6) is 0 Å². The van der Waals surface area contributed by atoms with E-state index >= 15 is 0 Å². The van der Waals surface area contributed by atoms with Crippen LogP contribution in [0.4, 0.5) is 52.7 Å². The van der Waals surface area contributed by atoms with Gasteiger partial charge in [-0.25, -0.2) is 43.2 Å². The number of aromatic nitrogens is 13. The third kappa shape index (κ3) is 15.6. The molecule has 0 saturated heterocycles. The smallest absolute Gasteiger partial charge is 0.451 e. The molecule has 0 spiro atoms. The van der Waals surface area contributed by atoms with Crippen LogP contribution in [0.3, 0.4) is 0 Å². The summed E-state index contributed by atoms with van der Waals surface area (Å²) in [5.41, 5.74) is 2.26. The van der Waals surface area contributed by atoms with E-state index in [2.05, 4.69) is 56.1 Å². The summed E-state index contributed by atoms with van der Waals surface area (Å²) in [6.45, 7) is 0.709. The van der Waals surface area contributed by atoms with Gasteiger partial charge < -0.3 is 33.9 Å². The molecule has 23 nitrogen and oxygen atoms in total. The van der Waals surface area contributed by atoms with E-state index in [9.17, 15) is 81.5 Å². The predicted molar refractivity (Wildman–Crippen MR) is 349 cm³/mol. The van der Waals surface area contributed by atoms with Crippen LogP contribution in [-0.2, 0) is 77.1 Å². The first-order valence-electron chi connectivity index (χ1n) is 31.1. The van der Waals surface area contributed by atoms with Crippen LogP contribution in [0.25, 0.3) is 32.3 Å². The summed E-state index contributed by atoms with van der Waals surface area (Å²) in [5, 5.41) is 41.4. The molecule has 538 valence electrons. The fourth-order valence-electron chi connectivity index (χ4n) is 12.0. The maximum atomic E-state index is 14.6. The highest BCUT2D eigenvalue weighted by Crippen LogP contribution is 2.34. The number of hydrogen-bond acceptors (Lipinski definition) is 14. The van der Waals surface area contributed by atoms with Crippen molar-refractivity contribution < 1.29 is 72.2 Å². The van der Waals surface area contributed by atoms with Crippen molar-refractivity contribution in [1.82, 2.24) is 79.6 Å². The van der Waals surface area contributed by atoms with E-state index in [1.165, 1.54) is 58.3 Å². The van der Waals surface area contributed by atoms with Crippen LogP contribution >= 0.6 is 0 Å². The number of imidazole rings is 2. The van der Waals surface area contributed by atoms with Gasteiger partial charge in [-0.05, 0) is 71.3 Å². The lowest BCUT2D eigenvalue weighted by molar-refractivity contribution is -0.148. The topological polar surface area (TPSA) is 294 Å². The highest BCUT2D eigenvalue weighted by Gasteiger charge is 2.41. The molecule has 0 radical (unpaired) electrons. The summed E-state index contributed by atoms with van der Waals surface area (Å²) in [6.07, 6.45) is -10.7.